The summed E-state index contributed by atoms with van der Waals surface area (Å²) >= 11 is 0. The number of nitrogens with zero attached hydrogens (tertiary/aromatic N) is 8. The molecule has 0 unspecified atom stereocenters. The lowest BCUT2D eigenvalue weighted by Gasteiger charge is -2.36. The second-order valence-electron chi connectivity index (χ2n) is 11.6. The van der Waals surface area contributed by atoms with Crippen molar-refractivity contribution in [2.45, 2.75) is 13.0 Å². The summed E-state index contributed by atoms with van der Waals surface area (Å²) in [5.74, 6) is -0.240. The number of imide groups is 1. The Balaban J connectivity index is 0.901. The third kappa shape index (κ3) is 5.30. The van der Waals surface area contributed by atoms with Crippen molar-refractivity contribution in [2.75, 3.05) is 42.5 Å². The lowest BCUT2D eigenvalue weighted by Crippen LogP contribution is -2.49. The number of hydrogen-bond acceptors (Lipinski definition) is 8. The Morgan fingerprint density at radius 1 is 0.717 bits per heavy atom. The maximum atomic E-state index is 12.1. The molecule has 2 aliphatic rings. The number of piperazine rings is 1. The van der Waals surface area contributed by atoms with Gasteiger partial charge in [-0.25, -0.2) is 14.3 Å². The quantitative estimate of drug-likeness (QED) is 0.287. The van der Waals surface area contributed by atoms with Crippen LogP contribution in [0.15, 0.2) is 97.7 Å². The van der Waals surface area contributed by atoms with Crippen molar-refractivity contribution in [3.05, 3.63) is 103 Å². The van der Waals surface area contributed by atoms with E-state index in [2.05, 4.69) is 60.5 Å². The lowest BCUT2D eigenvalue weighted by atomic mass is 10.0. The number of para-hydroxylation sites is 1. The molecule has 0 spiro atoms. The molecule has 2 aromatic carbocycles. The van der Waals surface area contributed by atoms with Gasteiger partial charge in [0.2, 0.25) is 5.91 Å². The molecule has 4 aromatic heterocycles. The molecule has 6 heterocycles. The molecule has 6 aromatic rings. The van der Waals surface area contributed by atoms with E-state index in [9.17, 15) is 9.59 Å². The molecule has 2 aliphatic heterocycles. The zero-order valence-electron chi connectivity index (χ0n) is 25.1. The molecular weight excluding hydrogens is 578 g/mol. The Morgan fingerprint density at radius 2 is 1.54 bits per heavy atom. The fraction of sp³-hybridized carbons (Fsp3) is 0.200. The first kappa shape index (κ1) is 27.8. The van der Waals surface area contributed by atoms with Gasteiger partial charge >= 0.3 is 6.03 Å². The Hall–Kier alpha value is -5.68. The van der Waals surface area contributed by atoms with Gasteiger partial charge in [0, 0.05) is 86.5 Å². The number of nitrogens with one attached hydrogen (secondary N) is 1. The fourth-order valence-electron chi connectivity index (χ4n) is 6.28. The number of rotatable bonds is 6. The van der Waals surface area contributed by atoms with Gasteiger partial charge in [-0.05, 0) is 47.5 Å². The molecule has 2 saturated heterocycles. The van der Waals surface area contributed by atoms with Crippen LogP contribution in [0.2, 0.25) is 0 Å². The molecule has 0 saturated carbocycles. The smallest absolute Gasteiger partial charge is 0.328 e. The number of hydrogen-bond donors (Lipinski definition) is 1. The van der Waals surface area contributed by atoms with Crippen molar-refractivity contribution in [3.63, 3.8) is 0 Å². The van der Waals surface area contributed by atoms with Gasteiger partial charge in [0.15, 0.2) is 5.65 Å². The molecule has 228 valence electrons. The summed E-state index contributed by atoms with van der Waals surface area (Å²) in [5, 5.41) is 8.07. The van der Waals surface area contributed by atoms with E-state index in [-0.39, 0.29) is 5.91 Å². The first-order chi connectivity index (χ1) is 22.6. The van der Waals surface area contributed by atoms with Crippen LogP contribution >= 0.6 is 0 Å². The van der Waals surface area contributed by atoms with E-state index in [1.54, 1.807) is 11.1 Å². The zero-order valence-corrected chi connectivity index (χ0v) is 25.1. The predicted octanol–water partition coefficient (Wildman–Crippen LogP) is 4.78. The maximum absolute atomic E-state index is 12.1. The molecule has 0 atom stereocenters. The summed E-state index contributed by atoms with van der Waals surface area (Å²) in [4.78, 5) is 43.8. The van der Waals surface area contributed by atoms with Crippen LogP contribution in [0.25, 0.3) is 38.8 Å². The second kappa shape index (κ2) is 11.7. The summed E-state index contributed by atoms with van der Waals surface area (Å²) in [6.07, 6.45) is 9.67. The van der Waals surface area contributed by atoms with E-state index in [0.717, 1.165) is 77.2 Å². The number of carbonyl (C=O) groups excluding carboxylic acids is 2. The molecular formula is C35H31N9O2. The predicted molar refractivity (Wildman–Crippen MR) is 176 cm³/mol. The summed E-state index contributed by atoms with van der Waals surface area (Å²) < 4.78 is 1.85. The minimum Gasteiger partial charge on any atom is -0.369 e. The van der Waals surface area contributed by atoms with Crippen LogP contribution in [-0.2, 0) is 11.3 Å². The molecule has 0 bridgehead atoms. The Labute approximate surface area is 265 Å². The molecule has 8 rings (SSSR count). The Morgan fingerprint density at radius 3 is 2.35 bits per heavy atom. The van der Waals surface area contributed by atoms with Crippen LogP contribution < -0.4 is 15.1 Å². The lowest BCUT2D eigenvalue weighted by molar-refractivity contribution is -0.120. The van der Waals surface area contributed by atoms with E-state index >= 15 is 0 Å². The number of fused-ring (bicyclic) bond motifs is 2. The number of urea groups is 1. The second-order valence-corrected chi connectivity index (χ2v) is 11.6. The van der Waals surface area contributed by atoms with Crippen molar-refractivity contribution in [1.82, 2.24) is 34.8 Å². The van der Waals surface area contributed by atoms with Gasteiger partial charge in [-0.15, -0.1) is 0 Å². The van der Waals surface area contributed by atoms with Crippen LogP contribution in [0, 0.1) is 0 Å². The average Bonchev–Trinajstić information content (AvgIpc) is 3.52. The van der Waals surface area contributed by atoms with E-state index < -0.39 is 6.03 Å². The molecule has 3 amide bonds. The third-order valence-corrected chi connectivity index (χ3v) is 8.79. The average molecular weight is 610 g/mol. The van der Waals surface area contributed by atoms with Gasteiger partial charge < -0.3 is 4.90 Å². The largest absolute Gasteiger partial charge is 0.369 e. The van der Waals surface area contributed by atoms with Gasteiger partial charge in [-0.1, -0.05) is 30.3 Å². The molecule has 0 radical (unpaired) electrons. The number of anilines is 2. The molecule has 2 fully saturated rings. The highest BCUT2D eigenvalue weighted by Crippen LogP contribution is 2.31. The van der Waals surface area contributed by atoms with Gasteiger partial charge in [-0.3, -0.25) is 29.9 Å². The van der Waals surface area contributed by atoms with Crippen LogP contribution in [0.4, 0.5) is 16.2 Å². The summed E-state index contributed by atoms with van der Waals surface area (Å²) in [6, 6.07) is 22.3. The highest BCUT2D eigenvalue weighted by atomic mass is 16.2. The van der Waals surface area contributed by atoms with Crippen LogP contribution in [0.1, 0.15) is 12.1 Å². The molecule has 11 nitrogen and oxygen atoms in total. The molecule has 46 heavy (non-hydrogen) atoms. The first-order valence-electron chi connectivity index (χ1n) is 15.4. The summed E-state index contributed by atoms with van der Waals surface area (Å²) in [6.45, 7) is 4.82. The van der Waals surface area contributed by atoms with E-state index in [4.69, 9.17) is 4.98 Å². The number of pyridine rings is 2. The summed E-state index contributed by atoms with van der Waals surface area (Å²) in [5.41, 5.74) is 8.77. The number of carbonyl (C=O) groups is 2. The molecule has 1 N–H and O–H groups in total. The van der Waals surface area contributed by atoms with Gasteiger partial charge in [0.05, 0.1) is 29.3 Å². The van der Waals surface area contributed by atoms with Crippen molar-refractivity contribution >= 4 is 39.9 Å². The van der Waals surface area contributed by atoms with Gasteiger partial charge in [0.25, 0.3) is 0 Å². The number of amides is 3. The van der Waals surface area contributed by atoms with Gasteiger partial charge in [0.1, 0.15) is 0 Å². The Kier molecular flexibility index (Phi) is 7.07. The number of benzene rings is 2. The topological polar surface area (TPSA) is 112 Å². The first-order valence-corrected chi connectivity index (χ1v) is 15.4. The highest BCUT2D eigenvalue weighted by molar-refractivity contribution is 6.05. The van der Waals surface area contributed by atoms with E-state index in [1.165, 1.54) is 5.69 Å². The van der Waals surface area contributed by atoms with Crippen molar-refractivity contribution in [1.29, 1.82) is 0 Å². The molecule has 0 aliphatic carbocycles. The minimum absolute atomic E-state index is 0.240. The van der Waals surface area contributed by atoms with Crippen LogP contribution in [0.5, 0.6) is 0 Å². The Bertz CT molecular complexity index is 2060. The van der Waals surface area contributed by atoms with Crippen LogP contribution in [-0.4, -0.2) is 74.1 Å². The maximum Gasteiger partial charge on any atom is 0.328 e. The van der Waals surface area contributed by atoms with Crippen molar-refractivity contribution in [3.8, 4) is 22.3 Å². The fourth-order valence-corrected chi connectivity index (χ4v) is 6.28. The molecule has 11 heteroatoms. The standard InChI is InChI=1S/C35H31N9O2/c45-33-12-14-43(35(46)40-33)28-10-7-26(37-20-28)23-41-15-17-42(18-16-41)27-8-5-24(6-9-27)25-19-38-34-31(21-39-44(34)22-25)29-11-13-36-32-4-2-1-3-30(29)32/h1-11,13,19-22H,12,14-18,23H2,(H,40,45,46). The van der Waals surface area contributed by atoms with Gasteiger partial charge in [-0.2, -0.15) is 5.10 Å². The summed E-state index contributed by atoms with van der Waals surface area (Å²) in [7, 11) is 0. The monoisotopic (exact) mass is 609 g/mol. The SMILES string of the molecule is O=C1CCN(c2ccc(CN3CCN(c4ccc(-c5cnc6c(-c7ccnc8ccccc78)cnn6c5)cc4)CC3)nc2)C(=O)N1. The highest BCUT2D eigenvalue weighted by Gasteiger charge is 2.25. The van der Waals surface area contributed by atoms with E-state index in [1.807, 2.05) is 65.7 Å². The number of aromatic nitrogens is 5. The van der Waals surface area contributed by atoms with E-state index in [0.29, 0.717) is 18.7 Å². The van der Waals surface area contributed by atoms with Crippen molar-refractivity contribution in [2.24, 2.45) is 0 Å². The minimum atomic E-state index is -0.393. The van der Waals surface area contributed by atoms with Crippen molar-refractivity contribution < 1.29 is 9.59 Å². The normalized spacial score (nSPS) is 15.9. The zero-order chi connectivity index (χ0) is 31.0. The van der Waals surface area contributed by atoms with Crippen LogP contribution in [0.3, 0.4) is 0 Å². The third-order valence-electron chi connectivity index (χ3n) is 8.79.